The van der Waals surface area contributed by atoms with Crippen molar-refractivity contribution in [3.05, 3.63) is 96.1 Å². The lowest BCUT2D eigenvalue weighted by molar-refractivity contribution is 0.0888. The number of ether oxygens (including phenoxy) is 1. The van der Waals surface area contributed by atoms with Gasteiger partial charge >= 0.3 is 0 Å². The minimum Gasteiger partial charge on any atom is -0.489 e. The Morgan fingerprint density at radius 3 is 2.22 bits per heavy atom. The predicted octanol–water partition coefficient (Wildman–Crippen LogP) is 2.43. The number of aliphatic hydroxyl groups is 1. The monoisotopic (exact) mass is 452 g/mol. The van der Waals surface area contributed by atoms with Crippen molar-refractivity contribution < 1.29 is 23.1 Å². The molecule has 1 saturated heterocycles. The Bertz CT molecular complexity index is 1150. The molecule has 3 aromatic rings. The number of β-amino-alcohol motifs (C(OH)–C–C–N with tert-alkyl or cyclic N) is 1. The van der Waals surface area contributed by atoms with E-state index in [0.29, 0.717) is 17.9 Å². The molecule has 2 atom stereocenters. The first-order valence-corrected chi connectivity index (χ1v) is 11.7. The average Bonchev–Trinajstić information content (AvgIpc) is 3.20. The van der Waals surface area contributed by atoms with Crippen LogP contribution in [-0.4, -0.2) is 49.0 Å². The van der Waals surface area contributed by atoms with Gasteiger partial charge in [0.25, 0.3) is 5.91 Å². The van der Waals surface area contributed by atoms with Crippen LogP contribution in [0.5, 0.6) is 5.75 Å². The third kappa shape index (κ3) is 4.99. The summed E-state index contributed by atoms with van der Waals surface area (Å²) in [6.45, 7) is 0.350. The number of benzene rings is 3. The number of nitrogens with zero attached hydrogens (tertiary/aromatic N) is 1. The van der Waals surface area contributed by atoms with E-state index in [1.165, 1.54) is 16.4 Å². The Morgan fingerprint density at radius 1 is 0.938 bits per heavy atom. The highest BCUT2D eigenvalue weighted by Crippen LogP contribution is 2.22. The Hall–Kier alpha value is -3.20. The molecule has 1 aliphatic heterocycles. The molecular weight excluding hydrogens is 428 g/mol. The lowest BCUT2D eigenvalue weighted by atomic mass is 10.1. The first-order valence-electron chi connectivity index (χ1n) is 10.2. The molecule has 0 aliphatic carbocycles. The summed E-state index contributed by atoms with van der Waals surface area (Å²) in [6.07, 6.45) is -0.995. The van der Waals surface area contributed by atoms with Crippen LogP contribution in [-0.2, 0) is 16.6 Å². The molecule has 1 amide bonds. The number of rotatable bonds is 7. The van der Waals surface area contributed by atoms with Crippen molar-refractivity contribution in [2.45, 2.75) is 23.6 Å². The highest BCUT2D eigenvalue weighted by Gasteiger charge is 2.39. The second kappa shape index (κ2) is 9.52. The van der Waals surface area contributed by atoms with Gasteiger partial charge in [0, 0.05) is 18.7 Å². The van der Waals surface area contributed by atoms with Crippen molar-refractivity contribution in [3.8, 4) is 5.75 Å². The minimum atomic E-state index is -3.73. The number of sulfonamides is 1. The molecule has 8 heteroatoms. The molecule has 1 heterocycles. The maximum absolute atomic E-state index is 12.8. The van der Waals surface area contributed by atoms with Gasteiger partial charge in [0.1, 0.15) is 12.4 Å². The molecular formula is C24H24N2O5S. The van der Waals surface area contributed by atoms with E-state index in [4.69, 9.17) is 4.74 Å². The number of carbonyl (C=O) groups excluding carboxylic acids is 1. The number of hydrogen-bond donors (Lipinski definition) is 2. The average molecular weight is 453 g/mol. The van der Waals surface area contributed by atoms with Gasteiger partial charge < -0.3 is 15.2 Å². The molecule has 2 N–H and O–H groups in total. The zero-order valence-electron chi connectivity index (χ0n) is 17.3. The molecule has 0 radical (unpaired) electrons. The molecule has 1 aliphatic rings. The van der Waals surface area contributed by atoms with Gasteiger partial charge in [-0.25, -0.2) is 8.42 Å². The van der Waals surface area contributed by atoms with Gasteiger partial charge in [-0.3, -0.25) is 4.79 Å². The molecule has 7 nitrogen and oxygen atoms in total. The van der Waals surface area contributed by atoms with Crippen LogP contribution >= 0.6 is 0 Å². The Morgan fingerprint density at radius 2 is 1.56 bits per heavy atom. The molecule has 4 rings (SSSR count). The lowest BCUT2D eigenvalue weighted by Gasteiger charge is -2.17. The smallest absolute Gasteiger partial charge is 0.251 e. The van der Waals surface area contributed by atoms with Crippen molar-refractivity contribution in [1.82, 2.24) is 9.62 Å². The van der Waals surface area contributed by atoms with Gasteiger partial charge in [-0.15, -0.1) is 0 Å². The second-order valence-corrected chi connectivity index (χ2v) is 9.52. The van der Waals surface area contributed by atoms with Crippen molar-refractivity contribution in [2.75, 3.05) is 13.1 Å². The van der Waals surface area contributed by atoms with Crippen LogP contribution in [0.15, 0.2) is 89.8 Å². The van der Waals surface area contributed by atoms with Crippen LogP contribution in [0, 0.1) is 0 Å². The predicted molar refractivity (Wildman–Crippen MR) is 120 cm³/mol. The molecule has 0 aromatic heterocycles. The quantitative estimate of drug-likeness (QED) is 0.574. The minimum absolute atomic E-state index is 0.00239. The zero-order chi connectivity index (χ0) is 22.6. The van der Waals surface area contributed by atoms with Crippen LogP contribution in [0.1, 0.15) is 15.9 Å². The summed E-state index contributed by atoms with van der Waals surface area (Å²) >= 11 is 0. The molecule has 3 aromatic carbocycles. The number of nitrogens with one attached hydrogen (secondary N) is 1. The Kier molecular flexibility index (Phi) is 6.55. The summed E-state index contributed by atoms with van der Waals surface area (Å²) in [6, 6.07) is 23.8. The van der Waals surface area contributed by atoms with E-state index >= 15 is 0 Å². The SMILES string of the molecule is O=C(N[C@H]1CN(S(=O)(=O)c2ccccc2)C[C@@H]1O)c1ccc(OCc2ccccc2)cc1. The normalized spacial score (nSPS) is 18.9. The third-order valence-electron chi connectivity index (χ3n) is 5.32. The van der Waals surface area contributed by atoms with Crippen molar-refractivity contribution in [3.63, 3.8) is 0 Å². The molecule has 1 fully saturated rings. The fraction of sp³-hybridized carbons (Fsp3) is 0.208. The second-order valence-electron chi connectivity index (χ2n) is 7.58. The van der Waals surface area contributed by atoms with Crippen molar-refractivity contribution >= 4 is 15.9 Å². The largest absolute Gasteiger partial charge is 0.489 e. The molecule has 0 bridgehead atoms. The number of carbonyl (C=O) groups is 1. The van der Waals surface area contributed by atoms with Gasteiger partial charge in [0.15, 0.2) is 0 Å². The standard InChI is InChI=1S/C24H24N2O5S/c27-23-16-26(32(29,30)21-9-5-2-6-10-21)15-22(23)25-24(28)19-11-13-20(14-12-19)31-17-18-7-3-1-4-8-18/h1-14,22-23,27H,15-17H2,(H,25,28)/t22-,23-/m0/s1. The van der Waals surface area contributed by atoms with E-state index in [2.05, 4.69) is 5.32 Å². The summed E-state index contributed by atoms with van der Waals surface area (Å²) < 4.78 is 32.5. The lowest BCUT2D eigenvalue weighted by Crippen LogP contribution is -2.43. The summed E-state index contributed by atoms with van der Waals surface area (Å²) in [5.74, 6) is 0.244. The molecule has 0 spiro atoms. The van der Waals surface area contributed by atoms with Crippen LogP contribution in [0.3, 0.4) is 0 Å². The van der Waals surface area contributed by atoms with Gasteiger partial charge in [0.05, 0.1) is 17.0 Å². The van der Waals surface area contributed by atoms with Crippen LogP contribution < -0.4 is 10.1 Å². The fourth-order valence-corrected chi connectivity index (χ4v) is 5.03. The highest BCUT2D eigenvalue weighted by molar-refractivity contribution is 7.89. The molecule has 32 heavy (non-hydrogen) atoms. The first kappa shape index (κ1) is 22.0. The van der Waals surface area contributed by atoms with E-state index in [-0.39, 0.29) is 23.9 Å². The number of hydrogen-bond acceptors (Lipinski definition) is 5. The summed E-state index contributed by atoms with van der Waals surface area (Å²) in [7, 11) is -3.73. The first-order chi connectivity index (χ1) is 15.4. The van der Waals surface area contributed by atoms with Crippen molar-refractivity contribution in [1.29, 1.82) is 0 Å². The van der Waals surface area contributed by atoms with E-state index in [1.54, 1.807) is 42.5 Å². The van der Waals surface area contributed by atoms with E-state index < -0.39 is 22.2 Å². The maximum atomic E-state index is 12.8. The van der Waals surface area contributed by atoms with Crippen LogP contribution in [0.2, 0.25) is 0 Å². The molecule has 0 unspecified atom stereocenters. The van der Waals surface area contributed by atoms with Gasteiger partial charge in [0.2, 0.25) is 10.0 Å². The van der Waals surface area contributed by atoms with Gasteiger partial charge in [-0.05, 0) is 42.0 Å². The Balaban J connectivity index is 1.35. The number of aliphatic hydroxyl groups excluding tert-OH is 1. The third-order valence-corrected chi connectivity index (χ3v) is 7.16. The van der Waals surface area contributed by atoms with Gasteiger partial charge in [-0.2, -0.15) is 4.31 Å². The summed E-state index contributed by atoms with van der Waals surface area (Å²) in [5, 5.41) is 13.1. The van der Waals surface area contributed by atoms with Crippen molar-refractivity contribution in [2.24, 2.45) is 0 Å². The highest BCUT2D eigenvalue weighted by atomic mass is 32.2. The fourth-order valence-electron chi connectivity index (χ4n) is 3.53. The molecule has 166 valence electrons. The number of amides is 1. The van der Waals surface area contributed by atoms with Gasteiger partial charge in [-0.1, -0.05) is 48.5 Å². The zero-order valence-corrected chi connectivity index (χ0v) is 18.1. The van der Waals surface area contributed by atoms with E-state index in [0.717, 1.165) is 5.56 Å². The van der Waals surface area contributed by atoms with Crippen LogP contribution in [0.25, 0.3) is 0 Å². The Labute approximate surface area is 187 Å². The van der Waals surface area contributed by atoms with Crippen LogP contribution in [0.4, 0.5) is 0 Å². The summed E-state index contributed by atoms with van der Waals surface area (Å²) in [4.78, 5) is 12.8. The molecule has 0 saturated carbocycles. The topological polar surface area (TPSA) is 95.9 Å². The maximum Gasteiger partial charge on any atom is 0.251 e. The van der Waals surface area contributed by atoms with E-state index in [9.17, 15) is 18.3 Å². The summed E-state index contributed by atoms with van der Waals surface area (Å²) in [5.41, 5.74) is 1.44. The van der Waals surface area contributed by atoms with E-state index in [1.807, 2.05) is 30.3 Å².